The number of halogens is 1. The van der Waals surface area contributed by atoms with Crippen LogP contribution in [-0.4, -0.2) is 18.2 Å². The van der Waals surface area contributed by atoms with E-state index in [1.807, 2.05) is 6.92 Å². The Bertz CT molecular complexity index is 720. The van der Waals surface area contributed by atoms with Gasteiger partial charge in [-0.15, -0.1) is 0 Å². The van der Waals surface area contributed by atoms with Crippen molar-refractivity contribution >= 4 is 15.7 Å². The molecule has 0 aliphatic rings. The third kappa shape index (κ3) is 2.66. The zero-order valence-electron chi connectivity index (χ0n) is 11.1. The molecule has 2 rings (SSSR count). The molecule has 1 aromatic heterocycles. The quantitative estimate of drug-likeness (QED) is 0.822. The Morgan fingerprint density at radius 1 is 1.45 bits per heavy atom. The summed E-state index contributed by atoms with van der Waals surface area (Å²) in [4.78, 5) is -0.526. The maximum Gasteiger partial charge on any atom is 0.245 e. The number of anilines is 1. The van der Waals surface area contributed by atoms with Crippen LogP contribution in [0.1, 0.15) is 11.3 Å². The number of hydrogen-bond acceptors (Lipinski definition) is 4. The number of benzene rings is 1. The number of nitrogens with one attached hydrogen (secondary N) is 1. The maximum absolute atomic E-state index is 13.6. The fourth-order valence-corrected chi connectivity index (χ4v) is 2.96. The Balaban J connectivity index is 2.26. The van der Waals surface area contributed by atoms with Crippen LogP contribution in [0.4, 0.5) is 10.1 Å². The van der Waals surface area contributed by atoms with Gasteiger partial charge in [0.2, 0.25) is 10.0 Å². The highest BCUT2D eigenvalue weighted by molar-refractivity contribution is 7.89. The molecule has 3 N–H and O–H groups in total. The van der Waals surface area contributed by atoms with Gasteiger partial charge in [-0.1, -0.05) is 6.07 Å². The summed E-state index contributed by atoms with van der Waals surface area (Å²) in [5.74, 6) is -0.875. The summed E-state index contributed by atoms with van der Waals surface area (Å²) in [6.07, 6.45) is 1.56. The van der Waals surface area contributed by atoms with Crippen molar-refractivity contribution < 1.29 is 12.8 Å². The third-order valence-corrected chi connectivity index (χ3v) is 4.55. The largest absolute Gasteiger partial charge is 0.398 e. The van der Waals surface area contributed by atoms with Crippen molar-refractivity contribution in [3.8, 4) is 0 Å². The Hall–Kier alpha value is -1.93. The molecule has 2 aromatic rings. The van der Waals surface area contributed by atoms with Crippen LogP contribution in [0.25, 0.3) is 0 Å². The lowest BCUT2D eigenvalue weighted by atomic mass is 10.3. The van der Waals surface area contributed by atoms with Crippen molar-refractivity contribution in [1.29, 1.82) is 0 Å². The van der Waals surface area contributed by atoms with Crippen molar-refractivity contribution in [3.05, 3.63) is 41.5 Å². The number of sulfonamides is 1. The molecule has 108 valence electrons. The molecule has 20 heavy (non-hydrogen) atoms. The Morgan fingerprint density at radius 3 is 2.70 bits per heavy atom. The minimum absolute atomic E-state index is 0.0236. The summed E-state index contributed by atoms with van der Waals surface area (Å²) in [5.41, 5.74) is 6.95. The van der Waals surface area contributed by atoms with Gasteiger partial charge in [0.15, 0.2) is 0 Å². The predicted molar refractivity (Wildman–Crippen MR) is 72.8 cm³/mol. The number of aromatic nitrogens is 2. The van der Waals surface area contributed by atoms with Crippen LogP contribution in [-0.2, 0) is 23.6 Å². The minimum atomic E-state index is -4.01. The van der Waals surface area contributed by atoms with Gasteiger partial charge in [0.05, 0.1) is 11.9 Å². The van der Waals surface area contributed by atoms with E-state index in [2.05, 4.69) is 9.82 Å². The molecular formula is C12H15FN4O2S. The van der Waals surface area contributed by atoms with Crippen molar-refractivity contribution in [2.24, 2.45) is 7.05 Å². The molecule has 0 unspecified atom stereocenters. The first-order valence-electron chi connectivity index (χ1n) is 5.84. The molecule has 0 atom stereocenters. The van der Waals surface area contributed by atoms with Gasteiger partial charge in [-0.25, -0.2) is 17.5 Å². The first-order valence-corrected chi connectivity index (χ1v) is 7.32. The highest BCUT2D eigenvalue weighted by atomic mass is 32.2. The van der Waals surface area contributed by atoms with E-state index in [4.69, 9.17) is 5.73 Å². The molecule has 6 nitrogen and oxygen atoms in total. The van der Waals surface area contributed by atoms with Crippen molar-refractivity contribution in [2.75, 3.05) is 5.73 Å². The van der Waals surface area contributed by atoms with E-state index in [-0.39, 0.29) is 12.2 Å². The molecule has 0 fully saturated rings. The second-order valence-electron chi connectivity index (χ2n) is 4.36. The van der Waals surface area contributed by atoms with Crippen molar-refractivity contribution in [3.63, 3.8) is 0 Å². The van der Waals surface area contributed by atoms with E-state index in [1.165, 1.54) is 12.1 Å². The monoisotopic (exact) mass is 298 g/mol. The standard InChI is InChI=1S/C12H15FN4O2S/c1-8-9(6-15-17(8)2)7-16-20(18,19)12-10(13)4-3-5-11(12)14/h3-6,16H,7,14H2,1-2H3. The number of hydrogen-bond donors (Lipinski definition) is 2. The van der Waals surface area contributed by atoms with Crippen LogP contribution in [0.5, 0.6) is 0 Å². The SMILES string of the molecule is Cc1c(CNS(=O)(=O)c2c(N)cccc2F)cnn1C. The first kappa shape index (κ1) is 14.5. The molecular weight excluding hydrogens is 283 g/mol. The summed E-state index contributed by atoms with van der Waals surface area (Å²) in [5, 5.41) is 4.01. The zero-order valence-corrected chi connectivity index (χ0v) is 11.9. The van der Waals surface area contributed by atoms with E-state index < -0.39 is 20.7 Å². The van der Waals surface area contributed by atoms with Crippen molar-refractivity contribution in [1.82, 2.24) is 14.5 Å². The Morgan fingerprint density at radius 2 is 2.15 bits per heavy atom. The summed E-state index contributed by atoms with van der Waals surface area (Å²) in [6, 6.07) is 3.75. The fourth-order valence-electron chi connectivity index (χ4n) is 1.77. The van der Waals surface area contributed by atoms with Gasteiger partial charge in [0.25, 0.3) is 0 Å². The molecule has 0 aliphatic heterocycles. The maximum atomic E-state index is 13.6. The molecule has 1 heterocycles. The van der Waals surface area contributed by atoms with Gasteiger partial charge in [-0.05, 0) is 19.1 Å². The lowest BCUT2D eigenvalue weighted by Gasteiger charge is -2.09. The zero-order chi connectivity index (χ0) is 14.9. The highest BCUT2D eigenvalue weighted by Crippen LogP contribution is 2.21. The van der Waals surface area contributed by atoms with Crippen LogP contribution >= 0.6 is 0 Å². The van der Waals surface area contributed by atoms with Crippen LogP contribution in [0.15, 0.2) is 29.3 Å². The second kappa shape index (κ2) is 5.22. The average Bonchev–Trinajstić information content (AvgIpc) is 2.67. The predicted octanol–water partition coefficient (Wildman–Crippen LogP) is 0.928. The van der Waals surface area contributed by atoms with Gasteiger partial charge in [-0.3, -0.25) is 4.68 Å². The number of nitrogens with zero attached hydrogens (tertiary/aromatic N) is 2. The van der Waals surface area contributed by atoms with Gasteiger partial charge in [-0.2, -0.15) is 5.10 Å². The van der Waals surface area contributed by atoms with Gasteiger partial charge >= 0.3 is 0 Å². The smallest absolute Gasteiger partial charge is 0.245 e. The number of nitrogens with two attached hydrogens (primary N) is 1. The summed E-state index contributed by atoms with van der Waals surface area (Å²) >= 11 is 0. The average molecular weight is 298 g/mol. The highest BCUT2D eigenvalue weighted by Gasteiger charge is 2.22. The molecule has 0 saturated heterocycles. The lowest BCUT2D eigenvalue weighted by Crippen LogP contribution is -2.25. The van der Waals surface area contributed by atoms with E-state index in [0.29, 0.717) is 5.56 Å². The summed E-state index contributed by atoms with van der Waals surface area (Å²) < 4.78 is 41.8. The Kier molecular flexibility index (Phi) is 3.78. The molecule has 0 saturated carbocycles. The van der Waals surface area contributed by atoms with E-state index in [9.17, 15) is 12.8 Å². The molecule has 8 heteroatoms. The van der Waals surface area contributed by atoms with Crippen LogP contribution in [0.2, 0.25) is 0 Å². The molecule has 0 bridgehead atoms. The van der Waals surface area contributed by atoms with Crippen LogP contribution in [0.3, 0.4) is 0 Å². The molecule has 1 aromatic carbocycles. The topological polar surface area (TPSA) is 90.0 Å². The van der Waals surface area contributed by atoms with Crippen LogP contribution in [0, 0.1) is 12.7 Å². The van der Waals surface area contributed by atoms with E-state index >= 15 is 0 Å². The van der Waals surface area contributed by atoms with Crippen LogP contribution < -0.4 is 10.5 Å². The van der Waals surface area contributed by atoms with E-state index in [0.717, 1.165) is 11.8 Å². The van der Waals surface area contributed by atoms with Gasteiger partial charge in [0.1, 0.15) is 10.7 Å². The number of aryl methyl sites for hydroxylation is 1. The summed E-state index contributed by atoms with van der Waals surface area (Å²) in [6.45, 7) is 1.84. The molecule has 0 amide bonds. The van der Waals surface area contributed by atoms with Gasteiger partial charge < -0.3 is 5.73 Å². The minimum Gasteiger partial charge on any atom is -0.398 e. The normalized spacial score (nSPS) is 11.8. The first-order chi connectivity index (χ1) is 9.33. The van der Waals surface area contributed by atoms with E-state index in [1.54, 1.807) is 17.9 Å². The third-order valence-electron chi connectivity index (χ3n) is 3.06. The number of nitrogen functional groups attached to an aromatic ring is 1. The van der Waals surface area contributed by atoms with Crippen molar-refractivity contribution in [2.45, 2.75) is 18.4 Å². The second-order valence-corrected chi connectivity index (χ2v) is 6.07. The molecule has 0 aliphatic carbocycles. The lowest BCUT2D eigenvalue weighted by molar-refractivity contribution is 0.558. The van der Waals surface area contributed by atoms with Gasteiger partial charge in [0, 0.05) is 24.8 Å². The number of rotatable bonds is 4. The molecule has 0 spiro atoms. The fraction of sp³-hybridized carbons (Fsp3) is 0.250. The summed E-state index contributed by atoms with van der Waals surface area (Å²) in [7, 11) is -2.26. The molecule has 0 radical (unpaired) electrons. The Labute approximate surface area is 116 Å².